The van der Waals surface area contributed by atoms with Crippen molar-refractivity contribution in [3.8, 4) is 17.3 Å². The lowest BCUT2D eigenvalue weighted by Crippen LogP contribution is -2.38. The number of para-hydroxylation sites is 1. The first-order valence-corrected chi connectivity index (χ1v) is 8.87. The predicted molar refractivity (Wildman–Crippen MR) is 97.4 cm³/mol. The second-order valence-electron chi connectivity index (χ2n) is 6.14. The van der Waals surface area contributed by atoms with Crippen LogP contribution in [0.5, 0.6) is 5.75 Å². The Hall–Kier alpha value is -2.67. The van der Waals surface area contributed by atoms with Gasteiger partial charge in [0.15, 0.2) is 5.82 Å². The van der Waals surface area contributed by atoms with Crippen molar-refractivity contribution in [2.45, 2.75) is 25.9 Å². The average Bonchev–Trinajstić information content (AvgIpc) is 3.11. The Morgan fingerprint density at radius 1 is 1.04 bits per heavy atom. The fourth-order valence-electron chi connectivity index (χ4n) is 2.93. The van der Waals surface area contributed by atoms with Crippen LogP contribution in [0, 0.1) is 6.92 Å². The normalized spacial score (nSPS) is 15.2. The Morgan fingerprint density at radius 3 is 2.50 bits per heavy atom. The SMILES string of the molecule is Cc1nnc(-c2ccc(N3CCC(Oc4ccccc4Cl)CC3)nn2)o1. The molecule has 1 aliphatic rings. The molecule has 1 saturated heterocycles. The maximum absolute atomic E-state index is 6.16. The van der Waals surface area contributed by atoms with Crippen LogP contribution in [0.4, 0.5) is 5.82 Å². The van der Waals surface area contributed by atoms with Gasteiger partial charge in [0.05, 0.1) is 5.02 Å². The summed E-state index contributed by atoms with van der Waals surface area (Å²) in [7, 11) is 0. The predicted octanol–water partition coefficient (Wildman–Crippen LogP) is 3.54. The van der Waals surface area contributed by atoms with Gasteiger partial charge in [-0.05, 0) is 24.3 Å². The summed E-state index contributed by atoms with van der Waals surface area (Å²) >= 11 is 6.16. The highest BCUT2D eigenvalue weighted by molar-refractivity contribution is 6.32. The standard InChI is InChI=1S/C18H18ClN5O2/c1-12-20-23-18(25-12)15-6-7-17(22-21-15)24-10-8-13(9-11-24)26-16-5-3-2-4-14(16)19/h2-7,13H,8-11H2,1H3. The second kappa shape index (κ2) is 7.29. The van der Waals surface area contributed by atoms with Crippen LogP contribution in [0.15, 0.2) is 40.8 Å². The van der Waals surface area contributed by atoms with E-state index in [9.17, 15) is 0 Å². The maximum atomic E-state index is 6.16. The number of aryl methyl sites for hydroxylation is 1. The molecule has 0 spiro atoms. The summed E-state index contributed by atoms with van der Waals surface area (Å²) in [6.07, 6.45) is 1.95. The fourth-order valence-corrected chi connectivity index (χ4v) is 3.11. The van der Waals surface area contributed by atoms with Gasteiger partial charge in [0.25, 0.3) is 5.89 Å². The van der Waals surface area contributed by atoms with E-state index in [-0.39, 0.29) is 6.10 Å². The third-order valence-electron chi connectivity index (χ3n) is 4.29. The van der Waals surface area contributed by atoms with E-state index >= 15 is 0 Å². The van der Waals surface area contributed by atoms with E-state index in [2.05, 4.69) is 25.3 Å². The van der Waals surface area contributed by atoms with Gasteiger partial charge in [-0.15, -0.1) is 20.4 Å². The molecular weight excluding hydrogens is 354 g/mol. The number of hydrogen-bond acceptors (Lipinski definition) is 7. The summed E-state index contributed by atoms with van der Waals surface area (Å²) in [5, 5.41) is 16.9. The minimum absolute atomic E-state index is 0.153. The van der Waals surface area contributed by atoms with Crippen molar-refractivity contribution in [1.29, 1.82) is 0 Å². The first-order valence-electron chi connectivity index (χ1n) is 8.49. The molecule has 0 unspecified atom stereocenters. The smallest absolute Gasteiger partial charge is 0.268 e. The van der Waals surface area contributed by atoms with Crippen LogP contribution in [-0.4, -0.2) is 39.6 Å². The van der Waals surface area contributed by atoms with E-state index in [1.165, 1.54) is 0 Å². The van der Waals surface area contributed by atoms with Gasteiger partial charge in [-0.2, -0.15) is 0 Å². The van der Waals surface area contributed by atoms with Crippen molar-refractivity contribution in [2.24, 2.45) is 0 Å². The summed E-state index contributed by atoms with van der Waals surface area (Å²) in [5.74, 6) is 2.47. The van der Waals surface area contributed by atoms with Crippen molar-refractivity contribution in [3.63, 3.8) is 0 Å². The lowest BCUT2D eigenvalue weighted by molar-refractivity contribution is 0.171. The number of halogens is 1. The summed E-state index contributed by atoms with van der Waals surface area (Å²) in [4.78, 5) is 2.20. The van der Waals surface area contributed by atoms with Crippen LogP contribution in [0.1, 0.15) is 18.7 Å². The van der Waals surface area contributed by atoms with Crippen LogP contribution in [-0.2, 0) is 0 Å². The number of benzene rings is 1. The van der Waals surface area contributed by atoms with E-state index in [1.54, 1.807) is 6.92 Å². The number of hydrogen-bond donors (Lipinski definition) is 0. The highest BCUT2D eigenvalue weighted by atomic mass is 35.5. The van der Waals surface area contributed by atoms with Gasteiger partial charge in [0.2, 0.25) is 5.89 Å². The fraction of sp³-hybridized carbons (Fsp3) is 0.333. The molecule has 0 N–H and O–H groups in total. The number of aromatic nitrogens is 4. The number of piperidine rings is 1. The van der Waals surface area contributed by atoms with E-state index in [1.807, 2.05) is 36.4 Å². The maximum Gasteiger partial charge on any atom is 0.268 e. The number of rotatable bonds is 4. The van der Waals surface area contributed by atoms with E-state index in [0.29, 0.717) is 22.5 Å². The Morgan fingerprint density at radius 2 is 1.85 bits per heavy atom. The number of ether oxygens (including phenoxy) is 1. The molecule has 3 heterocycles. The molecule has 26 heavy (non-hydrogen) atoms. The number of anilines is 1. The molecule has 2 aromatic heterocycles. The minimum atomic E-state index is 0.153. The average molecular weight is 372 g/mol. The summed E-state index contributed by atoms with van der Waals surface area (Å²) in [5.41, 5.74) is 0.575. The van der Waals surface area contributed by atoms with Crippen molar-refractivity contribution in [2.75, 3.05) is 18.0 Å². The summed E-state index contributed by atoms with van der Waals surface area (Å²) in [6.45, 7) is 3.44. The monoisotopic (exact) mass is 371 g/mol. The first kappa shape index (κ1) is 16.8. The van der Waals surface area contributed by atoms with Crippen molar-refractivity contribution in [3.05, 3.63) is 47.3 Å². The van der Waals surface area contributed by atoms with Crippen LogP contribution in [0.3, 0.4) is 0 Å². The Bertz CT molecular complexity index is 875. The third-order valence-corrected chi connectivity index (χ3v) is 4.60. The molecule has 1 fully saturated rings. The van der Waals surface area contributed by atoms with Gasteiger partial charge in [-0.3, -0.25) is 0 Å². The van der Waals surface area contributed by atoms with Gasteiger partial charge in [-0.25, -0.2) is 0 Å². The van der Waals surface area contributed by atoms with E-state index in [4.69, 9.17) is 20.8 Å². The van der Waals surface area contributed by atoms with Crippen LogP contribution >= 0.6 is 11.6 Å². The Balaban J connectivity index is 1.36. The Kier molecular flexibility index (Phi) is 4.71. The lowest BCUT2D eigenvalue weighted by Gasteiger charge is -2.32. The van der Waals surface area contributed by atoms with Crippen LogP contribution < -0.4 is 9.64 Å². The summed E-state index contributed by atoms with van der Waals surface area (Å²) in [6, 6.07) is 11.3. The molecule has 0 atom stereocenters. The van der Waals surface area contributed by atoms with E-state index in [0.717, 1.165) is 37.5 Å². The molecule has 0 aliphatic carbocycles. The molecule has 8 heteroatoms. The molecule has 7 nitrogen and oxygen atoms in total. The molecule has 3 aromatic rings. The molecule has 0 radical (unpaired) electrons. The van der Waals surface area contributed by atoms with Crippen molar-refractivity contribution < 1.29 is 9.15 Å². The molecule has 0 bridgehead atoms. The van der Waals surface area contributed by atoms with Gasteiger partial charge in [0.1, 0.15) is 17.5 Å². The highest BCUT2D eigenvalue weighted by Crippen LogP contribution is 2.27. The lowest BCUT2D eigenvalue weighted by atomic mass is 10.1. The molecular formula is C18H18ClN5O2. The molecule has 0 amide bonds. The van der Waals surface area contributed by atoms with Crippen molar-refractivity contribution >= 4 is 17.4 Å². The zero-order valence-corrected chi connectivity index (χ0v) is 15.1. The molecule has 1 aliphatic heterocycles. The van der Waals surface area contributed by atoms with Gasteiger partial charge in [-0.1, -0.05) is 23.7 Å². The quantitative estimate of drug-likeness (QED) is 0.694. The molecule has 134 valence electrons. The molecule has 1 aromatic carbocycles. The van der Waals surface area contributed by atoms with Gasteiger partial charge < -0.3 is 14.1 Å². The molecule has 0 saturated carbocycles. The topological polar surface area (TPSA) is 77.2 Å². The van der Waals surface area contributed by atoms with E-state index < -0.39 is 0 Å². The largest absolute Gasteiger partial charge is 0.489 e. The number of nitrogens with zero attached hydrogens (tertiary/aromatic N) is 5. The third kappa shape index (κ3) is 3.62. The Labute approximate surface area is 156 Å². The zero-order valence-electron chi connectivity index (χ0n) is 14.3. The van der Waals surface area contributed by atoms with Gasteiger partial charge >= 0.3 is 0 Å². The van der Waals surface area contributed by atoms with Crippen LogP contribution in [0.2, 0.25) is 5.02 Å². The minimum Gasteiger partial charge on any atom is -0.489 e. The molecule has 4 rings (SSSR count). The second-order valence-corrected chi connectivity index (χ2v) is 6.54. The highest BCUT2D eigenvalue weighted by Gasteiger charge is 2.22. The van der Waals surface area contributed by atoms with Gasteiger partial charge in [0, 0.05) is 32.9 Å². The summed E-state index contributed by atoms with van der Waals surface area (Å²) < 4.78 is 11.4. The van der Waals surface area contributed by atoms with Crippen LogP contribution in [0.25, 0.3) is 11.6 Å². The zero-order chi connectivity index (χ0) is 17.9. The first-order chi connectivity index (χ1) is 12.7. The van der Waals surface area contributed by atoms with Crippen molar-refractivity contribution in [1.82, 2.24) is 20.4 Å².